The molecule has 0 amide bonds. The summed E-state index contributed by atoms with van der Waals surface area (Å²) in [4.78, 5) is 5.19. The molecule has 2 aromatic rings. The van der Waals surface area contributed by atoms with Crippen LogP contribution in [0.25, 0.3) is 10.4 Å². The van der Waals surface area contributed by atoms with Gasteiger partial charge in [0.05, 0.1) is 10.8 Å². The van der Waals surface area contributed by atoms with E-state index in [0.29, 0.717) is 5.13 Å². The predicted octanol–water partition coefficient (Wildman–Crippen LogP) is 7.93. The molecule has 1 aromatic heterocycles. The number of benzene rings is 1. The highest BCUT2D eigenvalue weighted by Gasteiger charge is 2.33. The largest absolute Gasteiger partial charge is 0.394 e. The Morgan fingerprint density at radius 3 is 2.41 bits per heavy atom. The quantitative estimate of drug-likeness (QED) is 0.405. The van der Waals surface area contributed by atoms with Gasteiger partial charge in [0, 0.05) is 12.7 Å². The van der Waals surface area contributed by atoms with Crippen LogP contribution in [0.4, 0.5) is 18.3 Å². The van der Waals surface area contributed by atoms with E-state index < -0.39 is 12.1 Å². The second-order valence-electron chi connectivity index (χ2n) is 7.04. The van der Waals surface area contributed by atoms with Crippen LogP contribution in [0.15, 0.2) is 48.2 Å². The van der Waals surface area contributed by atoms with E-state index >= 15 is 0 Å². The third kappa shape index (κ3) is 11.0. The Balaban J connectivity index is 0.000000564. The first-order valence-electron chi connectivity index (χ1n) is 11.0. The normalized spacial score (nSPS) is 12.6. The Morgan fingerprint density at radius 1 is 1.28 bits per heavy atom. The van der Waals surface area contributed by atoms with Gasteiger partial charge in [-0.1, -0.05) is 81.4 Å². The summed E-state index contributed by atoms with van der Waals surface area (Å²) in [5, 5.41) is 3.79. The second kappa shape index (κ2) is 15.6. The van der Waals surface area contributed by atoms with Crippen molar-refractivity contribution in [3.05, 3.63) is 59.3 Å². The Labute approximate surface area is 195 Å². The molecular formula is C25H38F3N3S. The fourth-order valence-corrected chi connectivity index (χ4v) is 3.30. The van der Waals surface area contributed by atoms with Crippen molar-refractivity contribution in [1.82, 2.24) is 10.3 Å². The van der Waals surface area contributed by atoms with Crippen molar-refractivity contribution in [2.24, 2.45) is 5.92 Å². The number of nitrogen functional groups attached to an aromatic ring is 1. The standard InChI is InChI=1S/C12H15N3S.C11H17F3.C2H6/c1-8-3-4-9(5-10(8)6-14-2)11-7-15-12(13)16-11;1-4-6-10(5-2)8-7-9(3)11(12,13)14;1-2/h3-5,7,14H,6H2,1-2H3,(H2,13,15);5,7-9H,4,6H2,1-3H3;1-2H3/b;8-7-,10-5-;. The van der Waals surface area contributed by atoms with Crippen molar-refractivity contribution in [3.8, 4) is 10.4 Å². The summed E-state index contributed by atoms with van der Waals surface area (Å²) in [6.45, 7) is 12.0. The van der Waals surface area contributed by atoms with Gasteiger partial charge in [-0.3, -0.25) is 0 Å². The third-order valence-corrected chi connectivity index (χ3v) is 5.42. The van der Waals surface area contributed by atoms with Crippen molar-refractivity contribution in [2.75, 3.05) is 12.8 Å². The molecule has 32 heavy (non-hydrogen) atoms. The molecule has 0 aliphatic rings. The van der Waals surface area contributed by atoms with Crippen LogP contribution < -0.4 is 11.1 Å². The predicted molar refractivity (Wildman–Crippen MR) is 134 cm³/mol. The van der Waals surface area contributed by atoms with Crippen LogP contribution in [0.2, 0.25) is 0 Å². The maximum absolute atomic E-state index is 12.1. The minimum atomic E-state index is -4.12. The number of nitrogens with two attached hydrogens (primary N) is 1. The summed E-state index contributed by atoms with van der Waals surface area (Å²) < 4.78 is 36.4. The van der Waals surface area contributed by atoms with Gasteiger partial charge in [0.25, 0.3) is 0 Å². The molecule has 1 atom stereocenters. The lowest BCUT2D eigenvalue weighted by Gasteiger charge is -2.10. The SMILES string of the molecule is C/C=C(\C=C/C(C)C(F)(F)F)CCC.CC.CNCc1cc(-c2cnc(N)s2)ccc1C. The molecule has 0 fully saturated rings. The first-order valence-corrected chi connectivity index (χ1v) is 11.8. The fraction of sp³-hybridized carbons (Fsp3) is 0.480. The summed E-state index contributed by atoms with van der Waals surface area (Å²) in [7, 11) is 1.96. The minimum Gasteiger partial charge on any atom is -0.375 e. The topological polar surface area (TPSA) is 50.9 Å². The monoisotopic (exact) mass is 469 g/mol. The van der Waals surface area contributed by atoms with Crippen LogP contribution in [-0.4, -0.2) is 18.2 Å². The summed E-state index contributed by atoms with van der Waals surface area (Å²) in [5.74, 6) is -1.37. The highest BCUT2D eigenvalue weighted by Crippen LogP contribution is 2.29. The molecule has 3 nitrogen and oxygen atoms in total. The van der Waals surface area contributed by atoms with E-state index in [-0.39, 0.29) is 0 Å². The molecule has 3 N–H and O–H groups in total. The minimum absolute atomic E-state index is 0.616. The van der Waals surface area contributed by atoms with Crippen LogP contribution in [0.5, 0.6) is 0 Å². The summed E-state index contributed by atoms with van der Waals surface area (Å²) in [6, 6.07) is 6.44. The van der Waals surface area contributed by atoms with E-state index in [1.54, 1.807) is 6.08 Å². The first kappa shape index (κ1) is 29.9. The van der Waals surface area contributed by atoms with Crippen molar-refractivity contribution in [2.45, 2.75) is 67.1 Å². The molecule has 2 rings (SSSR count). The maximum Gasteiger partial charge on any atom is 0.394 e. The molecule has 1 unspecified atom stereocenters. The van der Waals surface area contributed by atoms with Crippen molar-refractivity contribution in [3.63, 3.8) is 0 Å². The number of nitrogens with one attached hydrogen (secondary N) is 1. The Kier molecular flexibility index (Phi) is 14.6. The van der Waals surface area contributed by atoms with Gasteiger partial charge in [-0.25, -0.2) is 4.98 Å². The van der Waals surface area contributed by atoms with Gasteiger partial charge in [0.1, 0.15) is 0 Å². The highest BCUT2D eigenvalue weighted by atomic mass is 32.1. The number of halogens is 3. The number of alkyl halides is 3. The molecule has 0 saturated heterocycles. The summed E-state index contributed by atoms with van der Waals surface area (Å²) >= 11 is 1.52. The smallest absolute Gasteiger partial charge is 0.375 e. The number of nitrogens with zero attached hydrogens (tertiary/aromatic N) is 1. The molecular weight excluding hydrogens is 431 g/mol. The number of aromatic nitrogens is 1. The molecule has 7 heteroatoms. The Morgan fingerprint density at radius 2 is 1.94 bits per heavy atom. The number of allylic oxidation sites excluding steroid dienone is 4. The van der Waals surface area contributed by atoms with E-state index in [2.05, 4.69) is 35.4 Å². The van der Waals surface area contributed by atoms with Crippen LogP contribution >= 0.6 is 11.3 Å². The third-order valence-electron chi connectivity index (χ3n) is 4.55. The van der Waals surface area contributed by atoms with E-state index in [0.717, 1.165) is 36.8 Å². The highest BCUT2D eigenvalue weighted by molar-refractivity contribution is 7.18. The van der Waals surface area contributed by atoms with Crippen LogP contribution in [0, 0.1) is 12.8 Å². The van der Waals surface area contributed by atoms with Gasteiger partial charge in [-0.05, 0) is 50.1 Å². The van der Waals surface area contributed by atoms with Gasteiger partial charge in [-0.2, -0.15) is 13.2 Å². The maximum atomic E-state index is 12.1. The number of hydrogen-bond donors (Lipinski definition) is 2. The van der Waals surface area contributed by atoms with Crippen molar-refractivity contribution in [1.29, 1.82) is 0 Å². The molecule has 1 heterocycles. The van der Waals surface area contributed by atoms with Gasteiger partial charge in [0.2, 0.25) is 0 Å². The summed E-state index contributed by atoms with van der Waals surface area (Å²) in [5.41, 5.74) is 10.4. The average Bonchev–Trinajstić information content (AvgIpc) is 3.20. The van der Waals surface area contributed by atoms with E-state index in [9.17, 15) is 13.2 Å². The number of aryl methyl sites for hydroxylation is 1. The fourth-order valence-electron chi connectivity index (χ4n) is 2.62. The Hall–Kier alpha value is -2.12. The van der Waals surface area contributed by atoms with Gasteiger partial charge < -0.3 is 11.1 Å². The zero-order valence-electron chi connectivity index (χ0n) is 20.3. The summed E-state index contributed by atoms with van der Waals surface area (Å²) in [6.07, 6.45) is 4.12. The van der Waals surface area contributed by atoms with E-state index in [4.69, 9.17) is 5.73 Å². The molecule has 0 spiro atoms. The zero-order valence-corrected chi connectivity index (χ0v) is 21.1. The molecule has 0 aliphatic carbocycles. The molecule has 180 valence electrons. The number of thiazole rings is 1. The molecule has 0 bridgehead atoms. The molecule has 1 aromatic carbocycles. The van der Waals surface area contributed by atoms with Crippen LogP contribution in [0.1, 0.15) is 58.6 Å². The van der Waals surface area contributed by atoms with Crippen LogP contribution in [-0.2, 0) is 6.54 Å². The second-order valence-corrected chi connectivity index (χ2v) is 8.10. The zero-order chi connectivity index (χ0) is 24.7. The first-order chi connectivity index (χ1) is 15.1. The van der Waals surface area contributed by atoms with Crippen LogP contribution in [0.3, 0.4) is 0 Å². The van der Waals surface area contributed by atoms with Crippen molar-refractivity contribution >= 4 is 16.5 Å². The van der Waals surface area contributed by atoms with Gasteiger partial charge in [0.15, 0.2) is 5.13 Å². The number of anilines is 1. The number of rotatable bonds is 7. The van der Waals surface area contributed by atoms with E-state index in [1.807, 2.05) is 47.0 Å². The van der Waals surface area contributed by atoms with E-state index in [1.165, 1.54) is 34.1 Å². The molecule has 0 aliphatic heterocycles. The lowest BCUT2D eigenvalue weighted by molar-refractivity contribution is -0.156. The average molecular weight is 470 g/mol. The Bertz CT molecular complexity index is 839. The lowest BCUT2D eigenvalue weighted by Crippen LogP contribution is -2.17. The van der Waals surface area contributed by atoms with Gasteiger partial charge in [-0.15, -0.1) is 0 Å². The van der Waals surface area contributed by atoms with Crippen molar-refractivity contribution < 1.29 is 13.2 Å². The molecule has 0 saturated carbocycles. The number of hydrogen-bond acceptors (Lipinski definition) is 4. The molecule has 0 radical (unpaired) electrons. The van der Waals surface area contributed by atoms with Gasteiger partial charge >= 0.3 is 6.18 Å². The lowest BCUT2D eigenvalue weighted by atomic mass is 10.0.